The monoisotopic (exact) mass is 339 g/mol. The maximum atomic E-state index is 12.6. The molecule has 0 spiro atoms. The molecule has 1 saturated heterocycles. The van der Waals surface area contributed by atoms with Crippen molar-refractivity contribution in [3.63, 3.8) is 0 Å². The maximum Gasteiger partial charge on any atom is 0.223 e. The van der Waals surface area contributed by atoms with Gasteiger partial charge in [0.15, 0.2) is 0 Å². The molecule has 0 radical (unpaired) electrons. The van der Waals surface area contributed by atoms with Crippen LogP contribution in [0.4, 0.5) is 5.82 Å². The van der Waals surface area contributed by atoms with E-state index in [0.29, 0.717) is 0 Å². The van der Waals surface area contributed by atoms with Crippen LogP contribution in [-0.2, 0) is 4.79 Å². The Hall–Kier alpha value is -2.40. The van der Waals surface area contributed by atoms with Gasteiger partial charge in [0.2, 0.25) is 5.91 Å². The zero-order valence-electron chi connectivity index (χ0n) is 14.6. The summed E-state index contributed by atoms with van der Waals surface area (Å²) in [6.45, 7) is 3.58. The van der Waals surface area contributed by atoms with E-state index in [-0.39, 0.29) is 24.5 Å². The lowest BCUT2D eigenvalue weighted by Gasteiger charge is -2.32. The van der Waals surface area contributed by atoms with Gasteiger partial charge in [-0.25, -0.2) is 4.98 Å². The number of anilines is 1. The lowest BCUT2D eigenvalue weighted by molar-refractivity contribution is -0.126. The summed E-state index contributed by atoms with van der Waals surface area (Å²) in [6.07, 6.45) is 3.47. The second-order valence-electron chi connectivity index (χ2n) is 6.61. The molecule has 1 aliphatic heterocycles. The van der Waals surface area contributed by atoms with Crippen molar-refractivity contribution in [3.05, 3.63) is 59.8 Å². The molecule has 3 rings (SSSR count). The minimum Gasteiger partial charge on any atom is -0.394 e. The largest absolute Gasteiger partial charge is 0.394 e. The van der Waals surface area contributed by atoms with Crippen LogP contribution in [0.2, 0.25) is 0 Å². The summed E-state index contributed by atoms with van der Waals surface area (Å²) in [4.78, 5) is 19.3. The third-order valence-corrected chi connectivity index (χ3v) is 4.79. The predicted octanol–water partition coefficient (Wildman–Crippen LogP) is 2.46. The molecule has 0 unspecified atom stereocenters. The molecule has 2 N–H and O–H groups in total. The number of aliphatic hydroxyl groups excluding tert-OH is 1. The number of hydrogen-bond acceptors (Lipinski definition) is 4. The molecular formula is C20H25N3O2. The molecule has 1 aliphatic rings. The van der Waals surface area contributed by atoms with Gasteiger partial charge in [-0.15, -0.1) is 0 Å². The van der Waals surface area contributed by atoms with Gasteiger partial charge < -0.3 is 15.3 Å². The average molecular weight is 339 g/mol. The van der Waals surface area contributed by atoms with E-state index in [0.717, 1.165) is 42.9 Å². The SMILES string of the molecule is Cc1ccc(N2CCC(C(=O)N[C@@H](CO)c3ccccc3)CC2)nc1. The first kappa shape index (κ1) is 17.4. The number of rotatable bonds is 5. The van der Waals surface area contributed by atoms with Gasteiger partial charge in [-0.2, -0.15) is 0 Å². The predicted molar refractivity (Wildman–Crippen MR) is 98.3 cm³/mol. The van der Waals surface area contributed by atoms with Gasteiger partial charge >= 0.3 is 0 Å². The Kier molecular flexibility index (Phi) is 5.66. The highest BCUT2D eigenvalue weighted by atomic mass is 16.3. The highest BCUT2D eigenvalue weighted by Crippen LogP contribution is 2.23. The molecule has 5 nitrogen and oxygen atoms in total. The average Bonchev–Trinajstić information content (AvgIpc) is 2.67. The Morgan fingerprint density at radius 2 is 1.96 bits per heavy atom. The van der Waals surface area contributed by atoms with E-state index >= 15 is 0 Å². The first-order valence-corrected chi connectivity index (χ1v) is 8.81. The fraction of sp³-hybridized carbons (Fsp3) is 0.400. The highest BCUT2D eigenvalue weighted by molar-refractivity contribution is 5.79. The fourth-order valence-corrected chi connectivity index (χ4v) is 3.23. The Labute approximate surface area is 148 Å². The molecular weight excluding hydrogens is 314 g/mol. The van der Waals surface area contributed by atoms with E-state index in [4.69, 9.17) is 0 Å². The quantitative estimate of drug-likeness (QED) is 0.878. The van der Waals surface area contributed by atoms with Crippen LogP contribution in [0.1, 0.15) is 30.0 Å². The van der Waals surface area contributed by atoms with E-state index < -0.39 is 0 Å². The molecule has 1 aromatic carbocycles. The number of benzene rings is 1. The van der Waals surface area contributed by atoms with Crippen LogP contribution in [0, 0.1) is 12.8 Å². The second kappa shape index (κ2) is 8.12. The third-order valence-electron chi connectivity index (χ3n) is 4.79. The van der Waals surface area contributed by atoms with Crippen molar-refractivity contribution in [2.45, 2.75) is 25.8 Å². The van der Waals surface area contributed by atoms with Crippen LogP contribution in [0.3, 0.4) is 0 Å². The number of nitrogens with zero attached hydrogens (tertiary/aromatic N) is 2. The summed E-state index contributed by atoms with van der Waals surface area (Å²) in [5.41, 5.74) is 2.08. The van der Waals surface area contributed by atoms with E-state index in [2.05, 4.69) is 21.3 Å². The fourth-order valence-electron chi connectivity index (χ4n) is 3.23. The van der Waals surface area contributed by atoms with Crippen molar-refractivity contribution in [1.82, 2.24) is 10.3 Å². The summed E-state index contributed by atoms with van der Waals surface area (Å²) < 4.78 is 0. The van der Waals surface area contributed by atoms with Gasteiger partial charge in [-0.05, 0) is 37.0 Å². The number of nitrogens with one attached hydrogen (secondary N) is 1. The van der Waals surface area contributed by atoms with Crippen molar-refractivity contribution < 1.29 is 9.90 Å². The number of hydrogen-bond donors (Lipinski definition) is 2. The van der Waals surface area contributed by atoms with E-state index in [1.165, 1.54) is 0 Å². The number of aromatic nitrogens is 1. The summed E-state index contributed by atoms with van der Waals surface area (Å²) >= 11 is 0. The van der Waals surface area contributed by atoms with Gasteiger partial charge in [0.25, 0.3) is 0 Å². The van der Waals surface area contributed by atoms with Crippen molar-refractivity contribution in [2.24, 2.45) is 5.92 Å². The van der Waals surface area contributed by atoms with Crippen molar-refractivity contribution in [3.8, 4) is 0 Å². The Morgan fingerprint density at radius 3 is 2.56 bits per heavy atom. The van der Waals surface area contributed by atoms with Gasteiger partial charge in [0.1, 0.15) is 5.82 Å². The number of amides is 1. The molecule has 1 fully saturated rings. The summed E-state index contributed by atoms with van der Waals surface area (Å²) in [7, 11) is 0. The molecule has 1 aromatic heterocycles. The van der Waals surface area contributed by atoms with Crippen molar-refractivity contribution in [2.75, 3.05) is 24.6 Å². The van der Waals surface area contributed by atoms with Crippen LogP contribution < -0.4 is 10.2 Å². The van der Waals surface area contributed by atoms with E-state index in [1.807, 2.05) is 49.5 Å². The van der Waals surface area contributed by atoms with Gasteiger partial charge in [0, 0.05) is 25.2 Å². The molecule has 5 heteroatoms. The number of piperidine rings is 1. The molecule has 0 bridgehead atoms. The lowest BCUT2D eigenvalue weighted by Crippen LogP contribution is -2.42. The van der Waals surface area contributed by atoms with Crippen LogP contribution in [0.5, 0.6) is 0 Å². The molecule has 1 atom stereocenters. The first-order valence-electron chi connectivity index (χ1n) is 8.81. The van der Waals surface area contributed by atoms with Crippen LogP contribution >= 0.6 is 0 Å². The van der Waals surface area contributed by atoms with Gasteiger partial charge in [-0.1, -0.05) is 36.4 Å². The van der Waals surface area contributed by atoms with Crippen molar-refractivity contribution in [1.29, 1.82) is 0 Å². The van der Waals surface area contributed by atoms with Gasteiger partial charge in [-0.3, -0.25) is 4.79 Å². The second-order valence-corrected chi connectivity index (χ2v) is 6.61. The molecule has 1 amide bonds. The van der Waals surface area contributed by atoms with Crippen LogP contribution in [0.25, 0.3) is 0 Å². The number of carbonyl (C=O) groups is 1. The topological polar surface area (TPSA) is 65.5 Å². The van der Waals surface area contributed by atoms with Crippen LogP contribution in [-0.4, -0.2) is 35.7 Å². The zero-order valence-corrected chi connectivity index (χ0v) is 14.6. The van der Waals surface area contributed by atoms with Crippen LogP contribution in [0.15, 0.2) is 48.7 Å². The smallest absolute Gasteiger partial charge is 0.223 e. The third kappa shape index (κ3) is 4.37. The summed E-state index contributed by atoms with van der Waals surface area (Å²) in [5, 5.41) is 12.6. The molecule has 0 saturated carbocycles. The number of aliphatic hydroxyl groups is 1. The standard InChI is InChI=1S/C20H25N3O2/c1-15-7-8-19(21-13-15)23-11-9-17(10-12-23)20(25)22-18(14-24)16-5-3-2-4-6-16/h2-8,13,17-18,24H,9-12,14H2,1H3,(H,22,25)/t18-/m0/s1. The minimum atomic E-state index is -0.342. The maximum absolute atomic E-state index is 12.6. The first-order chi connectivity index (χ1) is 12.2. The molecule has 2 aromatic rings. The molecule has 2 heterocycles. The zero-order chi connectivity index (χ0) is 17.6. The molecule has 25 heavy (non-hydrogen) atoms. The normalized spacial score (nSPS) is 16.5. The Morgan fingerprint density at radius 1 is 1.24 bits per heavy atom. The van der Waals surface area contributed by atoms with Gasteiger partial charge in [0.05, 0.1) is 12.6 Å². The summed E-state index contributed by atoms with van der Waals surface area (Å²) in [6, 6.07) is 13.4. The molecule has 0 aliphatic carbocycles. The lowest BCUT2D eigenvalue weighted by atomic mass is 9.95. The highest BCUT2D eigenvalue weighted by Gasteiger charge is 2.27. The van der Waals surface area contributed by atoms with Crippen molar-refractivity contribution >= 4 is 11.7 Å². The van der Waals surface area contributed by atoms with E-state index in [9.17, 15) is 9.90 Å². The molecule has 132 valence electrons. The van der Waals surface area contributed by atoms with E-state index in [1.54, 1.807) is 0 Å². The number of aryl methyl sites for hydroxylation is 1. The summed E-state index contributed by atoms with van der Waals surface area (Å²) in [5.74, 6) is 0.987. The number of carbonyl (C=O) groups excluding carboxylic acids is 1. The Bertz CT molecular complexity index is 680. The minimum absolute atomic E-state index is 0.0144. The Balaban J connectivity index is 1.55. The number of pyridine rings is 1.